The summed E-state index contributed by atoms with van der Waals surface area (Å²) in [4.78, 5) is 26.4. The molecule has 1 unspecified atom stereocenters. The standard InChI is InChI=1S/C37H37N5O4/c1-37(35(43)44,46-32-15-9-4-10-16-32)26-28-17-19-31(20-18-28)45-34-25-33(39-36(40-34)38-30-13-7-3-8-14-30)42-23-21-41(22-24-42)27-29-11-5-2-6-12-29/h2-20,25H,21-24,26-27H2,1H3,(H,43,44)(H,38,39,40). The van der Waals surface area contributed by atoms with Crippen molar-refractivity contribution >= 4 is 23.4 Å². The zero-order valence-electron chi connectivity index (χ0n) is 25.8. The third-order valence-corrected chi connectivity index (χ3v) is 7.89. The van der Waals surface area contributed by atoms with E-state index in [2.05, 4.69) is 44.4 Å². The van der Waals surface area contributed by atoms with Crippen molar-refractivity contribution in [3.63, 3.8) is 0 Å². The van der Waals surface area contributed by atoms with E-state index in [0.29, 0.717) is 23.3 Å². The Labute approximate surface area is 269 Å². The maximum absolute atomic E-state index is 12.2. The number of rotatable bonds is 12. The van der Waals surface area contributed by atoms with E-state index in [4.69, 9.17) is 14.5 Å². The van der Waals surface area contributed by atoms with E-state index in [-0.39, 0.29) is 6.42 Å². The van der Waals surface area contributed by atoms with Gasteiger partial charge in [-0.2, -0.15) is 9.97 Å². The number of hydrogen-bond acceptors (Lipinski definition) is 8. The molecule has 0 aliphatic carbocycles. The van der Waals surface area contributed by atoms with Gasteiger partial charge in [0.25, 0.3) is 0 Å². The number of carboxylic acid groups (broad SMARTS) is 1. The summed E-state index contributed by atoms with van der Waals surface area (Å²) in [5.74, 6) is 1.68. The number of nitrogens with zero attached hydrogens (tertiary/aromatic N) is 4. The molecule has 9 nitrogen and oxygen atoms in total. The first-order chi connectivity index (χ1) is 22.4. The molecule has 234 valence electrons. The van der Waals surface area contributed by atoms with Gasteiger partial charge in [-0.15, -0.1) is 0 Å². The molecule has 0 radical (unpaired) electrons. The zero-order chi connectivity index (χ0) is 31.8. The number of carbonyl (C=O) groups is 1. The van der Waals surface area contributed by atoms with Crippen LogP contribution < -0.4 is 19.7 Å². The van der Waals surface area contributed by atoms with Crippen LogP contribution in [-0.4, -0.2) is 57.7 Å². The summed E-state index contributed by atoms with van der Waals surface area (Å²) in [5.41, 5.74) is 1.55. The van der Waals surface area contributed by atoms with Crippen molar-refractivity contribution in [3.05, 3.63) is 132 Å². The molecule has 5 aromatic rings. The Balaban J connectivity index is 1.17. The van der Waals surface area contributed by atoms with Gasteiger partial charge in [-0.25, -0.2) is 4.79 Å². The topological polar surface area (TPSA) is 100 Å². The van der Waals surface area contributed by atoms with Crippen LogP contribution in [0, 0.1) is 0 Å². The largest absolute Gasteiger partial charge is 0.478 e. The first-order valence-corrected chi connectivity index (χ1v) is 15.4. The van der Waals surface area contributed by atoms with Crippen molar-refractivity contribution in [2.24, 2.45) is 0 Å². The number of ether oxygens (including phenoxy) is 2. The van der Waals surface area contributed by atoms with Crippen molar-refractivity contribution < 1.29 is 19.4 Å². The Hall–Kier alpha value is -5.41. The molecule has 1 aromatic heterocycles. The van der Waals surface area contributed by atoms with Crippen LogP contribution in [0.2, 0.25) is 0 Å². The molecule has 0 bridgehead atoms. The summed E-state index contributed by atoms with van der Waals surface area (Å²) in [6.07, 6.45) is 0.177. The molecule has 0 spiro atoms. The van der Waals surface area contributed by atoms with Crippen LogP contribution in [0.3, 0.4) is 0 Å². The Kier molecular flexibility index (Phi) is 9.40. The third kappa shape index (κ3) is 7.99. The summed E-state index contributed by atoms with van der Waals surface area (Å²) >= 11 is 0. The summed E-state index contributed by atoms with van der Waals surface area (Å²) in [6, 6.07) is 38.5. The first kappa shape index (κ1) is 30.6. The summed E-state index contributed by atoms with van der Waals surface area (Å²) < 4.78 is 12.1. The highest BCUT2D eigenvalue weighted by atomic mass is 16.5. The molecule has 2 N–H and O–H groups in total. The summed E-state index contributed by atoms with van der Waals surface area (Å²) in [5, 5.41) is 13.3. The van der Waals surface area contributed by atoms with Crippen LogP contribution in [0.4, 0.5) is 17.5 Å². The minimum atomic E-state index is -1.44. The lowest BCUT2D eigenvalue weighted by molar-refractivity contribution is -0.153. The number of anilines is 3. The molecule has 1 aliphatic heterocycles. The van der Waals surface area contributed by atoms with Gasteiger partial charge < -0.3 is 24.8 Å². The SMILES string of the molecule is CC(Cc1ccc(Oc2cc(N3CCN(Cc4ccccc4)CC3)nc(Nc3ccccc3)n2)cc1)(Oc1ccccc1)C(=O)O. The molecule has 1 saturated heterocycles. The Bertz CT molecular complexity index is 1710. The predicted octanol–water partition coefficient (Wildman–Crippen LogP) is 6.80. The third-order valence-electron chi connectivity index (χ3n) is 7.89. The number of nitrogens with one attached hydrogen (secondary N) is 1. The van der Waals surface area contributed by atoms with E-state index in [1.54, 1.807) is 19.1 Å². The lowest BCUT2D eigenvalue weighted by Gasteiger charge is -2.35. The highest BCUT2D eigenvalue weighted by Gasteiger charge is 2.36. The minimum Gasteiger partial charge on any atom is -0.478 e. The van der Waals surface area contributed by atoms with Crippen molar-refractivity contribution in [1.82, 2.24) is 14.9 Å². The maximum atomic E-state index is 12.2. The zero-order valence-corrected chi connectivity index (χ0v) is 25.8. The number of carboxylic acids is 1. The van der Waals surface area contributed by atoms with Crippen LogP contribution in [0.25, 0.3) is 0 Å². The molecule has 46 heavy (non-hydrogen) atoms. The number of para-hydroxylation sites is 2. The smallest absolute Gasteiger partial charge is 0.348 e. The summed E-state index contributed by atoms with van der Waals surface area (Å²) in [6.45, 7) is 6.00. The first-order valence-electron chi connectivity index (χ1n) is 15.4. The highest BCUT2D eigenvalue weighted by molar-refractivity contribution is 5.78. The second-order valence-corrected chi connectivity index (χ2v) is 11.5. The van der Waals surface area contributed by atoms with E-state index in [1.165, 1.54) is 5.56 Å². The fourth-order valence-corrected chi connectivity index (χ4v) is 5.40. The molecule has 6 rings (SSSR count). The number of benzene rings is 4. The van der Waals surface area contributed by atoms with Crippen molar-refractivity contribution in [1.29, 1.82) is 0 Å². The predicted molar refractivity (Wildman–Crippen MR) is 179 cm³/mol. The maximum Gasteiger partial charge on any atom is 0.348 e. The Morgan fingerprint density at radius 2 is 1.41 bits per heavy atom. The molecular weight excluding hydrogens is 578 g/mol. The van der Waals surface area contributed by atoms with E-state index in [1.807, 2.05) is 84.9 Å². The normalized spacial score (nSPS) is 14.7. The number of aliphatic carboxylic acids is 1. The number of piperazine rings is 1. The molecule has 1 fully saturated rings. The van der Waals surface area contributed by atoms with E-state index in [0.717, 1.165) is 49.8 Å². The molecule has 4 aromatic carbocycles. The van der Waals surface area contributed by atoms with Gasteiger partial charge in [0.05, 0.1) is 0 Å². The second-order valence-electron chi connectivity index (χ2n) is 11.5. The Morgan fingerprint density at radius 1 is 0.783 bits per heavy atom. The lowest BCUT2D eigenvalue weighted by Crippen LogP contribution is -2.46. The van der Waals surface area contributed by atoms with E-state index in [9.17, 15) is 9.90 Å². The van der Waals surface area contributed by atoms with E-state index < -0.39 is 11.6 Å². The van der Waals surface area contributed by atoms with Gasteiger partial charge in [0.2, 0.25) is 17.4 Å². The molecule has 1 aliphatic rings. The van der Waals surface area contributed by atoms with Crippen molar-refractivity contribution in [2.45, 2.75) is 25.5 Å². The van der Waals surface area contributed by atoms with Crippen LogP contribution >= 0.6 is 0 Å². The minimum absolute atomic E-state index is 0.177. The monoisotopic (exact) mass is 615 g/mol. The van der Waals surface area contributed by atoms with Crippen LogP contribution in [0.1, 0.15) is 18.1 Å². The summed E-state index contributed by atoms with van der Waals surface area (Å²) in [7, 11) is 0. The highest BCUT2D eigenvalue weighted by Crippen LogP contribution is 2.29. The van der Waals surface area contributed by atoms with Gasteiger partial charge in [0.15, 0.2) is 0 Å². The number of aromatic nitrogens is 2. The quantitative estimate of drug-likeness (QED) is 0.157. The van der Waals surface area contributed by atoms with Gasteiger partial charge in [0.1, 0.15) is 17.3 Å². The average molecular weight is 616 g/mol. The van der Waals surface area contributed by atoms with Crippen molar-refractivity contribution in [2.75, 3.05) is 36.4 Å². The molecule has 1 atom stereocenters. The van der Waals surface area contributed by atoms with E-state index >= 15 is 0 Å². The van der Waals surface area contributed by atoms with Gasteiger partial charge in [0, 0.05) is 50.9 Å². The number of hydrogen-bond donors (Lipinski definition) is 2. The molecule has 0 saturated carbocycles. The lowest BCUT2D eigenvalue weighted by atomic mass is 9.96. The van der Waals surface area contributed by atoms with Crippen LogP contribution in [0.15, 0.2) is 121 Å². The Morgan fingerprint density at radius 3 is 2.07 bits per heavy atom. The molecule has 0 amide bonds. The fraction of sp³-hybridized carbons (Fsp3) is 0.216. The van der Waals surface area contributed by atoms with Crippen LogP contribution in [-0.2, 0) is 17.8 Å². The van der Waals surface area contributed by atoms with Gasteiger partial charge >= 0.3 is 5.97 Å². The fourth-order valence-electron chi connectivity index (χ4n) is 5.40. The van der Waals surface area contributed by atoms with Crippen LogP contribution in [0.5, 0.6) is 17.4 Å². The molecule has 9 heteroatoms. The van der Waals surface area contributed by atoms with Gasteiger partial charge in [-0.1, -0.05) is 78.9 Å². The van der Waals surface area contributed by atoms with Gasteiger partial charge in [-0.05, 0) is 54.4 Å². The molecular formula is C37H37N5O4. The van der Waals surface area contributed by atoms with Gasteiger partial charge in [-0.3, -0.25) is 4.90 Å². The van der Waals surface area contributed by atoms with Crippen molar-refractivity contribution in [3.8, 4) is 17.4 Å². The second kappa shape index (κ2) is 14.1. The molecule has 2 heterocycles. The average Bonchev–Trinajstić information content (AvgIpc) is 3.07.